The Balaban J connectivity index is 2.51. The molecule has 6 heteroatoms. The van der Waals surface area contributed by atoms with Crippen molar-refractivity contribution < 1.29 is 9.47 Å². The van der Waals surface area contributed by atoms with E-state index in [0.717, 1.165) is 26.0 Å². The lowest BCUT2D eigenvalue weighted by Crippen LogP contribution is -1.98. The van der Waals surface area contributed by atoms with E-state index in [0.29, 0.717) is 0 Å². The molecule has 0 saturated heterocycles. The highest BCUT2D eigenvalue weighted by atomic mass is 79.9. The number of alkyl halides is 1. The summed E-state index contributed by atoms with van der Waals surface area (Å²) in [5.74, 6) is 1.60. The molecule has 0 fully saturated rings. The molecule has 0 saturated carbocycles. The molecule has 0 N–H and O–H groups in total. The molecule has 2 nitrogen and oxygen atoms in total. The number of ether oxygens (including phenoxy) is 2. The molecule has 1 unspecified atom stereocenters. The van der Waals surface area contributed by atoms with E-state index < -0.39 is 0 Å². The molecule has 1 aromatic heterocycles. The van der Waals surface area contributed by atoms with Crippen molar-refractivity contribution in [2.45, 2.75) is 4.83 Å². The van der Waals surface area contributed by atoms with Crippen molar-refractivity contribution in [1.82, 2.24) is 0 Å². The van der Waals surface area contributed by atoms with Crippen LogP contribution < -0.4 is 9.47 Å². The first-order valence-electron chi connectivity index (χ1n) is 5.36. The number of methoxy groups -OCH3 is 2. The Morgan fingerprint density at radius 2 is 1.74 bits per heavy atom. The van der Waals surface area contributed by atoms with Gasteiger partial charge in [-0.05, 0) is 55.4 Å². The molecule has 0 radical (unpaired) electrons. The van der Waals surface area contributed by atoms with E-state index in [2.05, 4.69) is 53.2 Å². The van der Waals surface area contributed by atoms with Gasteiger partial charge in [0, 0.05) is 14.9 Å². The summed E-state index contributed by atoms with van der Waals surface area (Å²) < 4.78 is 12.8. The molecule has 1 heterocycles. The Morgan fingerprint density at radius 3 is 2.26 bits per heavy atom. The Hall–Kier alpha value is -0.0400. The number of hydrogen-bond donors (Lipinski definition) is 0. The second-order valence-corrected chi connectivity index (χ2v) is 7.30. The Morgan fingerprint density at radius 1 is 1.05 bits per heavy atom. The van der Waals surface area contributed by atoms with Crippen LogP contribution in [0.15, 0.2) is 32.5 Å². The van der Waals surface area contributed by atoms with E-state index in [4.69, 9.17) is 9.47 Å². The molecule has 1 atom stereocenters. The molecule has 2 rings (SSSR count). The third kappa shape index (κ3) is 3.17. The van der Waals surface area contributed by atoms with Gasteiger partial charge in [-0.3, -0.25) is 0 Å². The molecule has 0 aliphatic heterocycles. The maximum atomic E-state index is 5.46. The van der Waals surface area contributed by atoms with Gasteiger partial charge in [-0.25, -0.2) is 0 Å². The fraction of sp³-hybridized carbons (Fsp3) is 0.231. The van der Waals surface area contributed by atoms with Crippen molar-refractivity contribution in [2.24, 2.45) is 0 Å². The van der Waals surface area contributed by atoms with Crippen LogP contribution in [-0.2, 0) is 0 Å². The summed E-state index contributed by atoms with van der Waals surface area (Å²) in [7, 11) is 3.32. The van der Waals surface area contributed by atoms with E-state index in [1.165, 1.54) is 4.88 Å². The van der Waals surface area contributed by atoms with Crippen LogP contribution in [-0.4, -0.2) is 14.2 Å². The van der Waals surface area contributed by atoms with Crippen LogP contribution in [0.4, 0.5) is 0 Å². The fourth-order valence-electron chi connectivity index (χ4n) is 1.71. The van der Waals surface area contributed by atoms with Crippen molar-refractivity contribution in [3.05, 3.63) is 43.0 Å². The summed E-state index contributed by atoms with van der Waals surface area (Å²) >= 11 is 12.4. The maximum absolute atomic E-state index is 5.46. The summed E-state index contributed by atoms with van der Waals surface area (Å²) in [6.07, 6.45) is 0. The van der Waals surface area contributed by atoms with Crippen molar-refractivity contribution in [2.75, 3.05) is 14.2 Å². The minimum absolute atomic E-state index is 0.0545. The van der Waals surface area contributed by atoms with Gasteiger partial charge in [0.25, 0.3) is 0 Å². The van der Waals surface area contributed by atoms with E-state index in [9.17, 15) is 0 Å². The van der Waals surface area contributed by atoms with Gasteiger partial charge in [-0.15, -0.1) is 11.3 Å². The first-order valence-corrected chi connectivity index (χ1v) is 8.75. The lowest BCUT2D eigenvalue weighted by atomic mass is 10.1. The first-order chi connectivity index (χ1) is 9.08. The van der Waals surface area contributed by atoms with Gasteiger partial charge >= 0.3 is 0 Å². The molecule has 19 heavy (non-hydrogen) atoms. The molecule has 2 aromatic rings. The molecule has 0 aliphatic carbocycles. The third-order valence-corrected chi connectivity index (χ3v) is 6.46. The highest BCUT2D eigenvalue weighted by Gasteiger charge is 2.21. The van der Waals surface area contributed by atoms with Crippen molar-refractivity contribution >= 4 is 59.1 Å². The fourth-order valence-corrected chi connectivity index (χ4v) is 5.02. The zero-order chi connectivity index (χ0) is 14.0. The first kappa shape index (κ1) is 15.4. The largest absolute Gasteiger partial charge is 0.496 e. The summed E-state index contributed by atoms with van der Waals surface area (Å²) in [6, 6.07) is 5.94. The quantitative estimate of drug-likeness (QED) is 0.528. The molecule has 0 amide bonds. The van der Waals surface area contributed by atoms with E-state index in [1.54, 1.807) is 25.6 Å². The van der Waals surface area contributed by atoms with Crippen LogP contribution in [0.5, 0.6) is 11.5 Å². The van der Waals surface area contributed by atoms with Crippen LogP contribution in [0, 0.1) is 0 Å². The smallest absolute Gasteiger partial charge is 0.133 e. The third-order valence-electron chi connectivity index (χ3n) is 2.65. The van der Waals surface area contributed by atoms with Gasteiger partial charge in [-0.1, -0.05) is 15.9 Å². The predicted molar refractivity (Wildman–Crippen MR) is 90.0 cm³/mol. The van der Waals surface area contributed by atoms with Crippen molar-refractivity contribution in [3.63, 3.8) is 0 Å². The van der Waals surface area contributed by atoms with Gasteiger partial charge in [0.15, 0.2) is 0 Å². The number of thiophene rings is 1. The average molecular weight is 471 g/mol. The molecular weight excluding hydrogens is 460 g/mol. The maximum Gasteiger partial charge on any atom is 0.133 e. The van der Waals surface area contributed by atoms with Crippen molar-refractivity contribution in [3.8, 4) is 11.5 Å². The van der Waals surface area contributed by atoms with Crippen LogP contribution in [0.3, 0.4) is 0 Å². The van der Waals surface area contributed by atoms with E-state index >= 15 is 0 Å². The lowest BCUT2D eigenvalue weighted by Gasteiger charge is -2.16. The molecular formula is C13H11Br3O2S. The van der Waals surface area contributed by atoms with E-state index in [1.807, 2.05) is 18.2 Å². The summed E-state index contributed by atoms with van der Waals surface area (Å²) in [6.45, 7) is 0. The van der Waals surface area contributed by atoms with Crippen LogP contribution in [0.2, 0.25) is 0 Å². The molecule has 102 valence electrons. The summed E-state index contributed by atoms with van der Waals surface area (Å²) in [4.78, 5) is 1.25. The molecule has 0 aliphatic rings. The normalized spacial score (nSPS) is 12.3. The highest BCUT2D eigenvalue weighted by Crippen LogP contribution is 2.45. The Labute approximate surface area is 141 Å². The van der Waals surface area contributed by atoms with Gasteiger partial charge in [0.05, 0.1) is 23.5 Å². The summed E-state index contributed by atoms with van der Waals surface area (Å²) in [5, 5.41) is 2.05. The van der Waals surface area contributed by atoms with Gasteiger partial charge in [-0.2, -0.15) is 0 Å². The highest BCUT2D eigenvalue weighted by molar-refractivity contribution is 9.11. The average Bonchev–Trinajstić information content (AvgIpc) is 2.83. The number of hydrogen-bond acceptors (Lipinski definition) is 3. The Bertz CT molecular complexity index is 583. The predicted octanol–water partition coefficient (Wildman–Crippen LogP) is 5.77. The Kier molecular flexibility index (Phi) is 5.34. The molecule has 0 bridgehead atoms. The van der Waals surface area contributed by atoms with Gasteiger partial charge < -0.3 is 9.47 Å². The topological polar surface area (TPSA) is 18.5 Å². The number of benzene rings is 1. The zero-order valence-electron chi connectivity index (χ0n) is 10.2. The summed E-state index contributed by atoms with van der Waals surface area (Å²) in [5.41, 5.74) is 1.03. The number of halogens is 3. The zero-order valence-corrected chi connectivity index (χ0v) is 15.8. The number of rotatable bonds is 4. The van der Waals surface area contributed by atoms with Crippen LogP contribution >= 0.6 is 59.1 Å². The second kappa shape index (κ2) is 6.61. The van der Waals surface area contributed by atoms with Crippen LogP contribution in [0.25, 0.3) is 0 Å². The molecule has 1 aromatic carbocycles. The standard InChI is InChI=1S/C13H11Br3O2S/c1-17-10-6-9(15)11(18-2)5-7(10)12(16)13-8(14)3-4-19-13/h3-6,12H,1-2H3. The van der Waals surface area contributed by atoms with Gasteiger partial charge in [0.2, 0.25) is 0 Å². The molecule has 0 spiro atoms. The lowest BCUT2D eigenvalue weighted by molar-refractivity contribution is 0.397. The van der Waals surface area contributed by atoms with Gasteiger partial charge in [0.1, 0.15) is 11.5 Å². The SMILES string of the molecule is COc1cc(C(Br)c2sccc2Br)c(OC)cc1Br. The van der Waals surface area contributed by atoms with Crippen molar-refractivity contribution in [1.29, 1.82) is 0 Å². The monoisotopic (exact) mass is 468 g/mol. The minimum Gasteiger partial charge on any atom is -0.496 e. The van der Waals surface area contributed by atoms with Crippen LogP contribution in [0.1, 0.15) is 15.3 Å². The minimum atomic E-state index is 0.0545. The van der Waals surface area contributed by atoms with E-state index in [-0.39, 0.29) is 4.83 Å². The second-order valence-electron chi connectivity index (χ2n) is 3.72.